The Kier molecular flexibility index (Phi) is 3.86. The molecule has 0 spiro atoms. The second-order valence-corrected chi connectivity index (χ2v) is 4.58. The summed E-state index contributed by atoms with van der Waals surface area (Å²) in [5.74, 6) is -0.793. The molecule has 0 atom stereocenters. The molecule has 98 valence electrons. The molecule has 0 heterocycles. The predicted octanol–water partition coefficient (Wildman–Crippen LogP) is 4.24. The summed E-state index contributed by atoms with van der Waals surface area (Å²) in [5.41, 5.74) is 2.35. The Balaban J connectivity index is 2.47. The van der Waals surface area contributed by atoms with Crippen molar-refractivity contribution in [2.24, 2.45) is 0 Å². The molecule has 19 heavy (non-hydrogen) atoms. The van der Waals surface area contributed by atoms with Gasteiger partial charge in [0.15, 0.2) is 0 Å². The largest absolute Gasteiger partial charge is 0.465 e. The summed E-state index contributed by atoms with van der Waals surface area (Å²) in [6.45, 7) is 1.78. The van der Waals surface area contributed by atoms with Crippen molar-refractivity contribution < 1.29 is 13.9 Å². The quantitative estimate of drug-likeness (QED) is 0.768. The molecule has 0 saturated carbocycles. The van der Waals surface area contributed by atoms with Crippen LogP contribution in [0.25, 0.3) is 11.1 Å². The summed E-state index contributed by atoms with van der Waals surface area (Å²) in [4.78, 5) is 11.5. The fourth-order valence-electron chi connectivity index (χ4n) is 1.89. The van der Waals surface area contributed by atoms with Gasteiger partial charge in [-0.15, -0.1) is 0 Å². The highest BCUT2D eigenvalue weighted by Gasteiger charge is 2.12. The zero-order valence-corrected chi connectivity index (χ0v) is 11.3. The third kappa shape index (κ3) is 2.76. The van der Waals surface area contributed by atoms with Crippen molar-refractivity contribution in [2.45, 2.75) is 6.92 Å². The normalized spacial score (nSPS) is 10.3. The Morgan fingerprint density at radius 2 is 1.95 bits per heavy atom. The number of carbonyl (C=O) groups is 1. The van der Waals surface area contributed by atoms with E-state index < -0.39 is 11.8 Å². The summed E-state index contributed by atoms with van der Waals surface area (Å²) in [6, 6.07) is 9.57. The summed E-state index contributed by atoms with van der Waals surface area (Å²) in [5, 5.41) is 0.351. The highest BCUT2D eigenvalue weighted by atomic mass is 35.5. The van der Waals surface area contributed by atoms with Crippen molar-refractivity contribution >= 4 is 17.6 Å². The molecule has 0 bridgehead atoms. The Hall–Kier alpha value is -1.87. The Bertz CT molecular complexity index is 638. The van der Waals surface area contributed by atoms with Gasteiger partial charge in [-0.1, -0.05) is 23.7 Å². The third-order valence-corrected chi connectivity index (χ3v) is 3.11. The van der Waals surface area contributed by atoms with Crippen LogP contribution in [0.15, 0.2) is 36.4 Å². The number of methoxy groups -OCH3 is 1. The molecule has 0 N–H and O–H groups in total. The van der Waals surface area contributed by atoms with E-state index >= 15 is 0 Å². The van der Waals surface area contributed by atoms with Crippen LogP contribution in [-0.4, -0.2) is 13.1 Å². The average molecular weight is 279 g/mol. The molecular weight excluding hydrogens is 267 g/mol. The van der Waals surface area contributed by atoms with Gasteiger partial charge in [0.05, 0.1) is 12.7 Å². The molecule has 0 aromatic heterocycles. The first-order valence-electron chi connectivity index (χ1n) is 5.67. The highest BCUT2D eigenvalue weighted by Crippen LogP contribution is 2.27. The van der Waals surface area contributed by atoms with E-state index in [9.17, 15) is 9.18 Å². The summed E-state index contributed by atoms with van der Waals surface area (Å²) >= 11 is 5.72. The van der Waals surface area contributed by atoms with Gasteiger partial charge in [0.25, 0.3) is 0 Å². The number of carbonyl (C=O) groups excluding carboxylic acids is 1. The van der Waals surface area contributed by atoms with Crippen LogP contribution in [0.1, 0.15) is 15.9 Å². The van der Waals surface area contributed by atoms with Crippen molar-refractivity contribution in [1.82, 2.24) is 0 Å². The molecule has 0 unspecified atom stereocenters. The molecule has 0 aliphatic rings. The van der Waals surface area contributed by atoms with Crippen LogP contribution in [0.2, 0.25) is 5.02 Å². The Morgan fingerprint density at radius 3 is 2.53 bits per heavy atom. The van der Waals surface area contributed by atoms with E-state index in [1.54, 1.807) is 37.3 Å². The third-order valence-electron chi connectivity index (χ3n) is 2.87. The number of hydrogen-bond acceptors (Lipinski definition) is 2. The van der Waals surface area contributed by atoms with Gasteiger partial charge in [0.2, 0.25) is 0 Å². The monoisotopic (exact) mass is 278 g/mol. The molecule has 0 amide bonds. The van der Waals surface area contributed by atoms with E-state index in [1.807, 2.05) is 0 Å². The molecule has 0 fully saturated rings. The van der Waals surface area contributed by atoms with Crippen LogP contribution in [-0.2, 0) is 4.74 Å². The maximum Gasteiger partial charge on any atom is 0.338 e. The van der Waals surface area contributed by atoms with Crippen molar-refractivity contribution in [3.8, 4) is 11.1 Å². The first kappa shape index (κ1) is 13.6. The minimum atomic E-state index is -0.402. The molecule has 0 aliphatic carbocycles. The molecular formula is C15H12ClFO2. The van der Waals surface area contributed by atoms with Crippen LogP contribution < -0.4 is 0 Å². The number of rotatable bonds is 2. The van der Waals surface area contributed by atoms with Crippen LogP contribution in [0.3, 0.4) is 0 Å². The van der Waals surface area contributed by atoms with Crippen molar-refractivity contribution in [2.75, 3.05) is 7.11 Å². The summed E-state index contributed by atoms with van der Waals surface area (Å²) < 4.78 is 18.5. The van der Waals surface area contributed by atoms with Crippen LogP contribution in [0.4, 0.5) is 4.39 Å². The van der Waals surface area contributed by atoms with E-state index in [-0.39, 0.29) is 0 Å². The number of hydrogen-bond donors (Lipinski definition) is 0. The zero-order chi connectivity index (χ0) is 14.0. The lowest BCUT2D eigenvalue weighted by Crippen LogP contribution is -2.03. The second-order valence-electron chi connectivity index (χ2n) is 4.15. The highest BCUT2D eigenvalue weighted by molar-refractivity contribution is 6.30. The fraction of sp³-hybridized carbons (Fsp3) is 0.133. The minimum Gasteiger partial charge on any atom is -0.465 e. The predicted molar refractivity (Wildman–Crippen MR) is 72.9 cm³/mol. The van der Waals surface area contributed by atoms with E-state index in [4.69, 9.17) is 11.6 Å². The molecule has 0 saturated heterocycles. The van der Waals surface area contributed by atoms with E-state index in [0.29, 0.717) is 21.7 Å². The molecule has 0 radical (unpaired) electrons. The van der Waals surface area contributed by atoms with E-state index in [1.165, 1.54) is 13.2 Å². The average Bonchev–Trinajstić information content (AvgIpc) is 2.37. The molecule has 2 aromatic carbocycles. The van der Waals surface area contributed by atoms with Crippen molar-refractivity contribution in [3.63, 3.8) is 0 Å². The number of aryl methyl sites for hydroxylation is 1. The van der Waals surface area contributed by atoms with Crippen LogP contribution in [0, 0.1) is 12.7 Å². The molecule has 2 rings (SSSR count). The first-order chi connectivity index (χ1) is 9.02. The number of halogens is 2. The van der Waals surface area contributed by atoms with Gasteiger partial charge in [-0.2, -0.15) is 0 Å². The van der Waals surface area contributed by atoms with Gasteiger partial charge >= 0.3 is 5.97 Å². The number of benzene rings is 2. The lowest BCUT2D eigenvalue weighted by molar-refractivity contribution is 0.0600. The molecule has 0 aliphatic heterocycles. The SMILES string of the molecule is COC(=O)c1ccc(-c2ccc(Cl)cc2F)cc1C. The van der Waals surface area contributed by atoms with Gasteiger partial charge in [-0.3, -0.25) is 0 Å². The lowest BCUT2D eigenvalue weighted by atomic mass is 9.99. The smallest absolute Gasteiger partial charge is 0.338 e. The standard InChI is InChI=1S/C15H12ClFO2/c1-9-7-10(3-5-12(9)15(18)19-2)13-6-4-11(16)8-14(13)17/h3-8H,1-2H3. The Labute approximate surface area is 115 Å². The lowest BCUT2D eigenvalue weighted by Gasteiger charge is -2.08. The number of ether oxygens (including phenoxy) is 1. The number of esters is 1. The fourth-order valence-corrected chi connectivity index (χ4v) is 2.05. The van der Waals surface area contributed by atoms with Gasteiger partial charge in [-0.25, -0.2) is 9.18 Å². The summed E-state index contributed by atoms with van der Waals surface area (Å²) in [6.07, 6.45) is 0. The first-order valence-corrected chi connectivity index (χ1v) is 6.05. The minimum absolute atomic E-state index is 0.351. The maximum atomic E-state index is 13.8. The van der Waals surface area contributed by atoms with Gasteiger partial charge in [-0.05, 0) is 42.3 Å². The van der Waals surface area contributed by atoms with Crippen LogP contribution >= 0.6 is 11.6 Å². The van der Waals surface area contributed by atoms with Gasteiger partial charge in [0, 0.05) is 10.6 Å². The van der Waals surface area contributed by atoms with E-state index in [2.05, 4.69) is 4.74 Å². The maximum absolute atomic E-state index is 13.8. The molecule has 2 nitrogen and oxygen atoms in total. The van der Waals surface area contributed by atoms with Crippen LogP contribution in [0.5, 0.6) is 0 Å². The second kappa shape index (κ2) is 5.41. The van der Waals surface area contributed by atoms with Gasteiger partial charge < -0.3 is 4.74 Å². The zero-order valence-electron chi connectivity index (χ0n) is 10.5. The van der Waals surface area contributed by atoms with Crippen molar-refractivity contribution in [3.05, 3.63) is 58.4 Å². The summed E-state index contributed by atoms with van der Waals surface area (Å²) in [7, 11) is 1.33. The van der Waals surface area contributed by atoms with Gasteiger partial charge in [0.1, 0.15) is 5.82 Å². The topological polar surface area (TPSA) is 26.3 Å². The molecule has 2 aromatic rings. The molecule has 4 heteroatoms. The van der Waals surface area contributed by atoms with Crippen molar-refractivity contribution in [1.29, 1.82) is 0 Å². The van der Waals surface area contributed by atoms with E-state index in [0.717, 1.165) is 5.56 Å². The Morgan fingerprint density at radius 1 is 1.21 bits per heavy atom.